The molecule has 0 bridgehead atoms. The number of hydrogen-bond acceptors (Lipinski definition) is 4. The summed E-state index contributed by atoms with van der Waals surface area (Å²) in [4.78, 5) is 0.0298. The van der Waals surface area contributed by atoms with Gasteiger partial charge in [0.05, 0.1) is 10.0 Å². The van der Waals surface area contributed by atoms with E-state index in [4.69, 9.17) is 23.2 Å². The van der Waals surface area contributed by atoms with Crippen LogP contribution in [0.3, 0.4) is 0 Å². The second-order valence-corrected chi connectivity index (χ2v) is 10.8. The van der Waals surface area contributed by atoms with Gasteiger partial charge in [-0.05, 0) is 31.2 Å². The lowest BCUT2D eigenvalue weighted by Crippen LogP contribution is -2.55. The largest absolute Gasteiger partial charge is 0.244 e. The van der Waals surface area contributed by atoms with Gasteiger partial charge in [0.25, 0.3) is 0 Å². The van der Waals surface area contributed by atoms with Gasteiger partial charge in [-0.1, -0.05) is 47.5 Å². The fourth-order valence-electron chi connectivity index (χ4n) is 3.06. The first-order chi connectivity index (χ1) is 12.7. The lowest BCUT2D eigenvalue weighted by atomic mass is 10.3. The lowest BCUT2D eigenvalue weighted by molar-refractivity contribution is 0.212. The fourth-order valence-corrected chi connectivity index (χ4v) is 7.17. The standard InChI is InChI=1S/C17H18Cl2N2O4S2/c1-13-12-20(26(22,23)16-8-4-2-6-14(16)18)10-11-21(13)27(24,25)17-9-5-3-7-15(17)19/h2-9,13H,10-12H2,1H3/t13-/m0/s1. The van der Waals surface area contributed by atoms with Crippen molar-refractivity contribution in [1.82, 2.24) is 8.61 Å². The smallest absolute Gasteiger partial charge is 0.207 e. The van der Waals surface area contributed by atoms with Crippen LogP contribution in [0.25, 0.3) is 0 Å². The highest BCUT2D eigenvalue weighted by atomic mass is 35.5. The first kappa shape index (κ1) is 20.6. The van der Waals surface area contributed by atoms with E-state index in [0.717, 1.165) is 0 Å². The molecule has 2 aromatic carbocycles. The summed E-state index contributed by atoms with van der Waals surface area (Å²) >= 11 is 12.1. The number of sulfonamides is 2. The molecule has 1 saturated heterocycles. The summed E-state index contributed by atoms with van der Waals surface area (Å²) in [7, 11) is -7.64. The Balaban J connectivity index is 1.86. The Morgan fingerprint density at radius 2 is 1.30 bits per heavy atom. The van der Waals surface area contributed by atoms with Crippen LogP contribution in [-0.2, 0) is 20.0 Å². The van der Waals surface area contributed by atoms with Gasteiger partial charge >= 0.3 is 0 Å². The molecule has 0 saturated carbocycles. The SMILES string of the molecule is C[C@H]1CN(S(=O)(=O)c2ccccc2Cl)CCN1S(=O)(=O)c1ccccc1Cl. The van der Waals surface area contributed by atoms with Crippen molar-refractivity contribution in [3.8, 4) is 0 Å². The molecule has 0 unspecified atom stereocenters. The quantitative estimate of drug-likeness (QED) is 0.719. The van der Waals surface area contributed by atoms with Crippen molar-refractivity contribution in [3.63, 3.8) is 0 Å². The molecule has 146 valence electrons. The molecule has 1 fully saturated rings. The second kappa shape index (κ2) is 7.69. The van der Waals surface area contributed by atoms with E-state index in [1.807, 2.05) is 0 Å². The van der Waals surface area contributed by atoms with Crippen LogP contribution >= 0.6 is 23.2 Å². The van der Waals surface area contributed by atoms with Crippen LogP contribution in [0.2, 0.25) is 10.0 Å². The van der Waals surface area contributed by atoms with Crippen molar-refractivity contribution in [3.05, 3.63) is 58.6 Å². The number of nitrogens with zero attached hydrogens (tertiary/aromatic N) is 2. The maximum absolute atomic E-state index is 13.0. The molecule has 10 heteroatoms. The molecule has 0 spiro atoms. The van der Waals surface area contributed by atoms with Crippen LogP contribution in [0.1, 0.15) is 6.92 Å². The summed E-state index contributed by atoms with van der Waals surface area (Å²) in [6, 6.07) is 11.8. The molecule has 27 heavy (non-hydrogen) atoms. The third-order valence-electron chi connectivity index (χ3n) is 4.41. The van der Waals surface area contributed by atoms with E-state index in [1.54, 1.807) is 31.2 Å². The summed E-state index contributed by atoms with van der Waals surface area (Å²) in [5.74, 6) is 0. The molecular formula is C17H18Cl2N2O4S2. The maximum atomic E-state index is 13.0. The molecule has 1 atom stereocenters. The number of rotatable bonds is 4. The average Bonchev–Trinajstić information content (AvgIpc) is 2.61. The minimum Gasteiger partial charge on any atom is -0.207 e. The Hall–Kier alpha value is -1.16. The highest BCUT2D eigenvalue weighted by Crippen LogP contribution is 2.30. The Morgan fingerprint density at radius 3 is 1.78 bits per heavy atom. The van der Waals surface area contributed by atoms with Crippen molar-refractivity contribution in [1.29, 1.82) is 0 Å². The summed E-state index contributed by atoms with van der Waals surface area (Å²) in [6.45, 7) is 1.75. The van der Waals surface area contributed by atoms with Gasteiger partial charge in [0.2, 0.25) is 20.0 Å². The van der Waals surface area contributed by atoms with Gasteiger partial charge in [0.1, 0.15) is 9.79 Å². The normalized spacial score (nSPS) is 19.9. The minimum absolute atomic E-state index is 0.0147. The molecule has 0 aliphatic carbocycles. The number of benzene rings is 2. The van der Waals surface area contributed by atoms with Gasteiger partial charge in [-0.3, -0.25) is 0 Å². The van der Waals surface area contributed by atoms with Crippen molar-refractivity contribution >= 4 is 43.2 Å². The third-order valence-corrected chi connectivity index (χ3v) is 9.29. The van der Waals surface area contributed by atoms with E-state index in [0.29, 0.717) is 0 Å². The zero-order chi connectivity index (χ0) is 19.8. The van der Waals surface area contributed by atoms with E-state index in [9.17, 15) is 16.8 Å². The molecule has 6 nitrogen and oxygen atoms in total. The van der Waals surface area contributed by atoms with Crippen LogP contribution in [0.4, 0.5) is 0 Å². The molecular weight excluding hydrogens is 431 g/mol. The molecule has 1 aliphatic rings. The molecule has 3 rings (SSSR count). The molecule has 0 aromatic heterocycles. The maximum Gasteiger partial charge on any atom is 0.244 e. The van der Waals surface area contributed by atoms with Crippen molar-refractivity contribution < 1.29 is 16.8 Å². The highest BCUT2D eigenvalue weighted by molar-refractivity contribution is 7.89. The zero-order valence-electron chi connectivity index (χ0n) is 14.4. The predicted octanol–water partition coefficient (Wildman–Crippen LogP) is 3.08. The van der Waals surface area contributed by atoms with Gasteiger partial charge in [-0.15, -0.1) is 0 Å². The summed E-state index contributed by atoms with van der Waals surface area (Å²) < 4.78 is 54.2. The van der Waals surface area contributed by atoms with E-state index < -0.39 is 26.1 Å². The third kappa shape index (κ3) is 3.87. The lowest BCUT2D eigenvalue weighted by Gasteiger charge is -2.38. The Morgan fingerprint density at radius 1 is 0.815 bits per heavy atom. The van der Waals surface area contributed by atoms with Crippen molar-refractivity contribution in [2.75, 3.05) is 19.6 Å². The summed E-state index contributed by atoms with van der Waals surface area (Å²) in [6.07, 6.45) is 0. The van der Waals surface area contributed by atoms with Gasteiger partial charge in [-0.25, -0.2) is 16.8 Å². The van der Waals surface area contributed by atoms with E-state index in [1.165, 1.54) is 32.9 Å². The van der Waals surface area contributed by atoms with Gasteiger partial charge in [-0.2, -0.15) is 8.61 Å². The van der Waals surface area contributed by atoms with Gasteiger partial charge < -0.3 is 0 Å². The topological polar surface area (TPSA) is 74.8 Å². The van der Waals surface area contributed by atoms with Crippen LogP contribution in [0.15, 0.2) is 58.3 Å². The molecule has 0 amide bonds. The number of hydrogen-bond donors (Lipinski definition) is 0. The molecule has 0 N–H and O–H groups in total. The predicted molar refractivity (Wildman–Crippen MR) is 105 cm³/mol. The number of piperazine rings is 1. The molecule has 0 radical (unpaired) electrons. The Bertz CT molecular complexity index is 1060. The van der Waals surface area contributed by atoms with E-state index in [2.05, 4.69) is 0 Å². The molecule has 2 aromatic rings. The monoisotopic (exact) mass is 448 g/mol. The van der Waals surface area contributed by atoms with Crippen molar-refractivity contribution in [2.45, 2.75) is 22.8 Å². The Labute approximate surface area is 169 Å². The van der Waals surface area contributed by atoms with E-state index >= 15 is 0 Å². The van der Waals surface area contributed by atoms with E-state index in [-0.39, 0.29) is 39.5 Å². The summed E-state index contributed by atoms with van der Waals surface area (Å²) in [5, 5.41) is 0.270. The summed E-state index contributed by atoms with van der Waals surface area (Å²) in [5.41, 5.74) is 0. The van der Waals surface area contributed by atoms with Crippen LogP contribution < -0.4 is 0 Å². The minimum atomic E-state index is -3.83. The fraction of sp³-hybridized carbons (Fsp3) is 0.294. The highest BCUT2D eigenvalue weighted by Gasteiger charge is 2.39. The van der Waals surface area contributed by atoms with Gasteiger partial charge in [0, 0.05) is 25.7 Å². The Kier molecular flexibility index (Phi) is 5.86. The van der Waals surface area contributed by atoms with Gasteiger partial charge in [0.15, 0.2) is 0 Å². The van der Waals surface area contributed by atoms with Crippen LogP contribution in [0, 0.1) is 0 Å². The number of halogens is 2. The average molecular weight is 449 g/mol. The van der Waals surface area contributed by atoms with Crippen LogP contribution in [-0.4, -0.2) is 51.1 Å². The second-order valence-electron chi connectivity index (χ2n) is 6.19. The first-order valence-corrected chi connectivity index (χ1v) is 11.8. The first-order valence-electron chi connectivity index (χ1n) is 8.17. The molecule has 1 heterocycles. The zero-order valence-corrected chi connectivity index (χ0v) is 17.6. The van der Waals surface area contributed by atoms with Crippen molar-refractivity contribution in [2.24, 2.45) is 0 Å². The molecule has 1 aliphatic heterocycles. The van der Waals surface area contributed by atoms with Crippen LogP contribution in [0.5, 0.6) is 0 Å².